The fraction of sp³-hybridized carbons (Fsp3) is 0.333. The molecule has 1 nitrogen and oxygen atoms in total. The maximum absolute atomic E-state index is 6.02. The summed E-state index contributed by atoms with van der Waals surface area (Å²) in [6, 6.07) is 6.41. The normalized spacial score (nSPS) is 12.9. The molecule has 1 unspecified atom stereocenters. The van der Waals surface area contributed by atoms with Crippen molar-refractivity contribution in [1.29, 1.82) is 0 Å². The van der Waals surface area contributed by atoms with E-state index in [1.54, 1.807) is 22.7 Å². The molecular weight excluding hydrogens is 338 g/mol. The minimum atomic E-state index is 0.252. The van der Waals surface area contributed by atoms with Crippen LogP contribution in [0.1, 0.15) is 29.1 Å². The van der Waals surface area contributed by atoms with Crippen molar-refractivity contribution in [3.05, 3.63) is 42.1 Å². The van der Waals surface area contributed by atoms with Crippen molar-refractivity contribution in [1.82, 2.24) is 5.32 Å². The van der Waals surface area contributed by atoms with E-state index < -0.39 is 0 Å². The second-order valence-corrected chi connectivity index (χ2v) is 7.21. The van der Waals surface area contributed by atoms with Crippen LogP contribution in [-0.4, -0.2) is 6.54 Å². The van der Waals surface area contributed by atoms with Crippen LogP contribution in [0, 0.1) is 0 Å². The monoisotopic (exact) mass is 349 g/mol. The molecule has 0 amide bonds. The van der Waals surface area contributed by atoms with E-state index in [1.165, 1.54) is 14.2 Å². The molecule has 2 rings (SSSR count). The van der Waals surface area contributed by atoms with Crippen molar-refractivity contribution in [2.45, 2.75) is 19.4 Å². The third kappa shape index (κ3) is 3.32. The quantitative estimate of drug-likeness (QED) is 0.770. The van der Waals surface area contributed by atoms with Gasteiger partial charge in [0.1, 0.15) is 0 Å². The van der Waals surface area contributed by atoms with Gasteiger partial charge in [-0.25, -0.2) is 0 Å². The summed E-state index contributed by atoms with van der Waals surface area (Å²) in [6.45, 7) is 3.18. The van der Waals surface area contributed by atoms with Crippen LogP contribution < -0.4 is 5.32 Å². The zero-order chi connectivity index (χ0) is 12.3. The lowest BCUT2D eigenvalue weighted by atomic mass is 10.2. The maximum Gasteiger partial charge on any atom is 0.0931 e. The first-order valence-electron chi connectivity index (χ1n) is 5.44. The predicted molar refractivity (Wildman–Crippen MR) is 81.5 cm³/mol. The van der Waals surface area contributed by atoms with Gasteiger partial charge >= 0.3 is 0 Å². The zero-order valence-corrected chi connectivity index (χ0v) is 13.3. The molecule has 2 aromatic rings. The highest BCUT2D eigenvalue weighted by molar-refractivity contribution is 9.10. The summed E-state index contributed by atoms with van der Waals surface area (Å²) in [6.07, 6.45) is 1.12. The van der Waals surface area contributed by atoms with Gasteiger partial charge in [0.15, 0.2) is 0 Å². The van der Waals surface area contributed by atoms with Gasteiger partial charge in [0.05, 0.1) is 10.4 Å². The van der Waals surface area contributed by atoms with E-state index in [-0.39, 0.29) is 6.04 Å². The molecule has 92 valence electrons. The smallest absolute Gasteiger partial charge is 0.0931 e. The molecule has 0 aromatic carbocycles. The lowest BCUT2D eigenvalue weighted by molar-refractivity contribution is 0.612. The van der Waals surface area contributed by atoms with Crippen molar-refractivity contribution < 1.29 is 0 Å². The molecule has 0 aliphatic heterocycles. The van der Waals surface area contributed by atoms with E-state index in [4.69, 9.17) is 11.6 Å². The van der Waals surface area contributed by atoms with Gasteiger partial charge in [-0.3, -0.25) is 0 Å². The molecule has 0 saturated carbocycles. The SMILES string of the molecule is CCCNC(c1ccc(Cl)s1)c1sccc1Br. The summed E-state index contributed by atoms with van der Waals surface area (Å²) in [7, 11) is 0. The number of hydrogen-bond acceptors (Lipinski definition) is 3. The topological polar surface area (TPSA) is 12.0 Å². The molecule has 1 atom stereocenters. The van der Waals surface area contributed by atoms with Crippen molar-refractivity contribution in [2.75, 3.05) is 6.54 Å². The predicted octanol–water partition coefficient (Wildman–Crippen LogP) is 5.31. The van der Waals surface area contributed by atoms with Crippen molar-refractivity contribution >= 4 is 50.2 Å². The van der Waals surface area contributed by atoms with E-state index >= 15 is 0 Å². The molecule has 0 aliphatic carbocycles. The minimum Gasteiger partial charge on any atom is -0.305 e. The molecule has 0 fully saturated rings. The van der Waals surface area contributed by atoms with E-state index in [9.17, 15) is 0 Å². The summed E-state index contributed by atoms with van der Waals surface area (Å²) in [5.41, 5.74) is 0. The first kappa shape index (κ1) is 13.6. The third-order valence-electron chi connectivity index (χ3n) is 2.38. The van der Waals surface area contributed by atoms with Crippen LogP contribution in [0.15, 0.2) is 28.1 Å². The molecule has 0 bridgehead atoms. The minimum absolute atomic E-state index is 0.252. The highest BCUT2D eigenvalue weighted by atomic mass is 79.9. The summed E-state index contributed by atoms with van der Waals surface area (Å²) in [5.74, 6) is 0. The number of thiophene rings is 2. The summed E-state index contributed by atoms with van der Waals surface area (Å²) in [5, 5.41) is 5.68. The molecule has 1 N–H and O–H groups in total. The van der Waals surface area contributed by atoms with Crippen LogP contribution in [-0.2, 0) is 0 Å². The number of nitrogens with one attached hydrogen (secondary N) is 1. The van der Waals surface area contributed by atoms with E-state index in [2.05, 4.69) is 45.7 Å². The highest BCUT2D eigenvalue weighted by Crippen LogP contribution is 2.37. The molecule has 0 saturated heterocycles. The Morgan fingerprint density at radius 3 is 2.76 bits per heavy atom. The molecule has 0 aliphatic rings. The Hall–Kier alpha value is 0.130. The molecule has 17 heavy (non-hydrogen) atoms. The lowest BCUT2D eigenvalue weighted by Gasteiger charge is -2.16. The Kier molecular flexibility index (Phi) is 5.06. The summed E-state index contributed by atoms with van der Waals surface area (Å²) < 4.78 is 2.01. The van der Waals surface area contributed by atoms with Crippen LogP contribution in [0.3, 0.4) is 0 Å². The lowest BCUT2D eigenvalue weighted by Crippen LogP contribution is -2.21. The Balaban J connectivity index is 2.28. The van der Waals surface area contributed by atoms with Gasteiger partial charge in [-0.15, -0.1) is 22.7 Å². The maximum atomic E-state index is 6.02. The average molecular weight is 351 g/mol. The van der Waals surface area contributed by atoms with Crippen LogP contribution in [0.4, 0.5) is 0 Å². The standard InChI is InChI=1S/C12H13BrClNS2/c1-2-6-15-11(9-3-4-10(14)17-9)12-8(13)5-7-16-12/h3-5,7,11,15H,2,6H2,1H3. The van der Waals surface area contributed by atoms with Gasteiger partial charge in [0.25, 0.3) is 0 Å². The van der Waals surface area contributed by atoms with Gasteiger partial charge in [-0.05, 0) is 52.5 Å². The van der Waals surface area contributed by atoms with Crippen molar-refractivity contribution in [2.24, 2.45) is 0 Å². The van der Waals surface area contributed by atoms with Gasteiger partial charge in [0, 0.05) is 14.2 Å². The molecule has 0 spiro atoms. The summed E-state index contributed by atoms with van der Waals surface area (Å²) in [4.78, 5) is 2.59. The van der Waals surface area contributed by atoms with Crippen molar-refractivity contribution in [3.63, 3.8) is 0 Å². The van der Waals surface area contributed by atoms with Crippen LogP contribution in [0.2, 0.25) is 4.34 Å². The second-order valence-electron chi connectivity index (χ2n) is 3.66. The molecule has 0 radical (unpaired) electrons. The van der Waals surface area contributed by atoms with E-state index in [0.29, 0.717) is 0 Å². The number of rotatable bonds is 5. The zero-order valence-electron chi connectivity index (χ0n) is 9.37. The van der Waals surface area contributed by atoms with Gasteiger partial charge < -0.3 is 5.32 Å². The molecule has 2 heterocycles. The fourth-order valence-corrected chi connectivity index (χ4v) is 4.52. The van der Waals surface area contributed by atoms with E-state index in [1.807, 2.05) is 6.07 Å². The molecular formula is C12H13BrClNS2. The van der Waals surface area contributed by atoms with Crippen LogP contribution in [0.25, 0.3) is 0 Å². The second kappa shape index (κ2) is 6.34. The third-order valence-corrected chi connectivity index (χ3v) is 5.62. The van der Waals surface area contributed by atoms with Crippen LogP contribution >= 0.6 is 50.2 Å². The Morgan fingerprint density at radius 2 is 2.24 bits per heavy atom. The first-order chi connectivity index (χ1) is 8.22. The van der Waals surface area contributed by atoms with E-state index in [0.717, 1.165) is 17.3 Å². The molecule has 5 heteroatoms. The van der Waals surface area contributed by atoms with Gasteiger partial charge in [-0.1, -0.05) is 18.5 Å². The Labute approximate surface area is 123 Å². The summed E-state index contributed by atoms with van der Waals surface area (Å²) >= 11 is 13.0. The average Bonchev–Trinajstić information content (AvgIpc) is 2.90. The fourth-order valence-electron chi connectivity index (χ4n) is 1.61. The highest BCUT2D eigenvalue weighted by Gasteiger charge is 2.19. The molecule has 2 aromatic heterocycles. The van der Waals surface area contributed by atoms with Gasteiger partial charge in [-0.2, -0.15) is 0 Å². The Bertz CT molecular complexity index is 480. The Morgan fingerprint density at radius 1 is 1.41 bits per heavy atom. The van der Waals surface area contributed by atoms with Crippen molar-refractivity contribution in [3.8, 4) is 0 Å². The largest absolute Gasteiger partial charge is 0.305 e. The number of halogens is 2. The van der Waals surface area contributed by atoms with Gasteiger partial charge in [0.2, 0.25) is 0 Å². The first-order valence-corrected chi connectivity index (χ1v) is 8.30. The van der Waals surface area contributed by atoms with Crippen LogP contribution in [0.5, 0.6) is 0 Å². The number of hydrogen-bond donors (Lipinski definition) is 1.